The number of hydrogen-bond acceptors (Lipinski definition) is 4. The first-order valence-electron chi connectivity index (χ1n) is 9.76. The van der Waals surface area contributed by atoms with Gasteiger partial charge in [-0.1, -0.05) is 42.5 Å². The molecule has 1 atom stereocenters. The van der Waals surface area contributed by atoms with Gasteiger partial charge in [0, 0.05) is 42.5 Å². The maximum absolute atomic E-state index is 14.7. The van der Waals surface area contributed by atoms with Crippen LogP contribution in [-0.4, -0.2) is 36.6 Å². The minimum atomic E-state index is -3.72. The monoisotopic (exact) mass is 424 g/mol. The van der Waals surface area contributed by atoms with Crippen molar-refractivity contribution in [3.63, 3.8) is 0 Å². The fourth-order valence-corrected chi connectivity index (χ4v) is 5.27. The van der Waals surface area contributed by atoms with Crippen LogP contribution in [0.25, 0.3) is 11.1 Å². The lowest BCUT2D eigenvalue weighted by atomic mass is 9.90. The van der Waals surface area contributed by atoms with Crippen LogP contribution in [0.15, 0.2) is 78.0 Å². The number of halogens is 1. The molecule has 1 unspecified atom stereocenters. The van der Waals surface area contributed by atoms with Crippen LogP contribution in [0.4, 0.5) is 4.39 Å². The first-order chi connectivity index (χ1) is 14.5. The van der Waals surface area contributed by atoms with Crippen molar-refractivity contribution in [3.8, 4) is 11.1 Å². The second-order valence-corrected chi connectivity index (χ2v) is 9.25. The predicted molar refractivity (Wildman–Crippen MR) is 112 cm³/mol. The molecule has 0 radical (unpaired) electrons. The first kappa shape index (κ1) is 20.4. The molecule has 0 aliphatic carbocycles. The molecule has 5 nitrogen and oxygen atoms in total. The number of nitrogens with zero attached hydrogens (tertiary/aromatic N) is 2. The van der Waals surface area contributed by atoms with E-state index in [0.29, 0.717) is 24.9 Å². The van der Waals surface area contributed by atoms with Gasteiger partial charge in [0.2, 0.25) is 10.0 Å². The van der Waals surface area contributed by atoms with Crippen molar-refractivity contribution in [1.82, 2.24) is 9.29 Å². The van der Waals surface area contributed by atoms with E-state index in [1.807, 2.05) is 30.3 Å². The van der Waals surface area contributed by atoms with Gasteiger partial charge >= 0.3 is 0 Å². The van der Waals surface area contributed by atoms with E-state index in [0.717, 1.165) is 5.56 Å². The zero-order valence-electron chi connectivity index (χ0n) is 16.2. The second kappa shape index (κ2) is 8.45. The summed E-state index contributed by atoms with van der Waals surface area (Å²) in [5.41, 5.74) is 1.43. The van der Waals surface area contributed by atoms with Crippen molar-refractivity contribution in [3.05, 3.63) is 84.4 Å². The van der Waals surface area contributed by atoms with Gasteiger partial charge in [0.25, 0.3) is 0 Å². The highest BCUT2D eigenvalue weighted by atomic mass is 32.2. The van der Waals surface area contributed by atoms with Gasteiger partial charge in [-0.2, -0.15) is 4.31 Å². The number of pyridine rings is 1. The molecule has 2 aromatic carbocycles. The summed E-state index contributed by atoms with van der Waals surface area (Å²) in [7, 11) is -3.72. The van der Waals surface area contributed by atoms with E-state index in [2.05, 4.69) is 4.98 Å². The highest BCUT2D eigenvalue weighted by Gasteiger charge is 2.34. The Bertz CT molecular complexity index is 1150. The van der Waals surface area contributed by atoms with Crippen molar-refractivity contribution < 1.29 is 17.6 Å². The normalized spacial score (nSPS) is 17.6. The molecule has 3 aromatic rings. The quantitative estimate of drug-likeness (QED) is 0.577. The summed E-state index contributed by atoms with van der Waals surface area (Å²) in [6.45, 7) is 0.431. The standard InChI is InChI=1S/C23H21FN2O3S/c24-22-14-18(10-11-21(22)17-6-2-1-3-7-17)23(27)19-8-5-13-26(16-19)30(28,29)20-9-4-12-25-15-20/h1-4,6-7,9-12,14-15,19H,5,8,13,16H2. The van der Waals surface area contributed by atoms with E-state index in [1.54, 1.807) is 18.2 Å². The average molecular weight is 424 g/mol. The largest absolute Gasteiger partial charge is 0.294 e. The maximum atomic E-state index is 14.7. The number of piperidine rings is 1. The summed E-state index contributed by atoms with van der Waals surface area (Å²) >= 11 is 0. The smallest absolute Gasteiger partial charge is 0.244 e. The Morgan fingerprint density at radius 2 is 1.87 bits per heavy atom. The number of sulfonamides is 1. The number of carbonyl (C=O) groups excluding carboxylic acids is 1. The minimum Gasteiger partial charge on any atom is -0.294 e. The third kappa shape index (κ3) is 4.04. The number of aromatic nitrogens is 1. The van der Waals surface area contributed by atoms with Gasteiger partial charge < -0.3 is 0 Å². The van der Waals surface area contributed by atoms with E-state index in [1.165, 1.54) is 28.8 Å². The molecular formula is C23H21FN2O3S. The number of hydrogen-bond donors (Lipinski definition) is 0. The Morgan fingerprint density at radius 3 is 2.57 bits per heavy atom. The molecule has 4 rings (SSSR count). The Morgan fingerprint density at radius 1 is 1.07 bits per heavy atom. The summed E-state index contributed by atoms with van der Waals surface area (Å²) in [5, 5.41) is 0. The summed E-state index contributed by atoms with van der Waals surface area (Å²) in [5.74, 6) is -1.21. The third-order valence-electron chi connectivity index (χ3n) is 5.37. The van der Waals surface area contributed by atoms with Crippen molar-refractivity contribution in [2.75, 3.05) is 13.1 Å². The second-order valence-electron chi connectivity index (χ2n) is 7.32. The van der Waals surface area contributed by atoms with Gasteiger partial charge in [-0.05, 0) is 36.6 Å². The van der Waals surface area contributed by atoms with Crippen LogP contribution in [0.2, 0.25) is 0 Å². The zero-order valence-corrected chi connectivity index (χ0v) is 17.1. The maximum Gasteiger partial charge on any atom is 0.244 e. The minimum absolute atomic E-state index is 0.0815. The molecule has 2 heterocycles. The Kier molecular flexibility index (Phi) is 5.74. The van der Waals surface area contributed by atoms with Crippen LogP contribution >= 0.6 is 0 Å². The van der Waals surface area contributed by atoms with Crippen LogP contribution in [0.1, 0.15) is 23.2 Å². The fraction of sp³-hybridized carbons (Fsp3) is 0.217. The first-order valence-corrected chi connectivity index (χ1v) is 11.2. The topological polar surface area (TPSA) is 67.3 Å². The van der Waals surface area contributed by atoms with Gasteiger partial charge in [-0.3, -0.25) is 9.78 Å². The van der Waals surface area contributed by atoms with Gasteiger partial charge in [0.1, 0.15) is 10.7 Å². The molecule has 0 N–H and O–H groups in total. The molecule has 1 fully saturated rings. The van der Waals surface area contributed by atoms with Gasteiger partial charge in [-0.25, -0.2) is 12.8 Å². The van der Waals surface area contributed by atoms with E-state index in [9.17, 15) is 17.6 Å². The van der Waals surface area contributed by atoms with Crippen molar-refractivity contribution in [2.24, 2.45) is 5.92 Å². The van der Waals surface area contributed by atoms with E-state index in [4.69, 9.17) is 0 Å². The van der Waals surface area contributed by atoms with E-state index in [-0.39, 0.29) is 22.8 Å². The molecule has 154 valence electrons. The lowest BCUT2D eigenvalue weighted by molar-refractivity contribution is 0.0872. The summed E-state index contributed by atoms with van der Waals surface area (Å²) in [6.07, 6.45) is 3.95. The summed E-state index contributed by atoms with van der Waals surface area (Å²) in [4.78, 5) is 17.0. The van der Waals surface area contributed by atoms with Crippen LogP contribution in [0.3, 0.4) is 0 Å². The predicted octanol–water partition coefficient (Wildman–Crippen LogP) is 4.17. The SMILES string of the molecule is O=C(c1ccc(-c2ccccc2)c(F)c1)C1CCCN(S(=O)(=O)c2cccnc2)C1. The molecule has 1 aromatic heterocycles. The molecule has 0 spiro atoms. The Balaban J connectivity index is 1.54. The zero-order chi connectivity index (χ0) is 21.1. The van der Waals surface area contributed by atoms with E-state index >= 15 is 0 Å². The molecule has 0 saturated carbocycles. The van der Waals surface area contributed by atoms with Crippen molar-refractivity contribution >= 4 is 15.8 Å². The van der Waals surface area contributed by atoms with Gasteiger partial charge in [-0.15, -0.1) is 0 Å². The van der Waals surface area contributed by atoms with Crippen molar-refractivity contribution in [2.45, 2.75) is 17.7 Å². The number of ketones is 1. The number of benzene rings is 2. The Hall–Kier alpha value is -2.90. The number of rotatable bonds is 5. The van der Waals surface area contributed by atoms with Gasteiger partial charge in [0.15, 0.2) is 5.78 Å². The molecule has 7 heteroatoms. The van der Waals surface area contributed by atoms with Crippen LogP contribution in [-0.2, 0) is 10.0 Å². The van der Waals surface area contributed by atoms with Crippen LogP contribution < -0.4 is 0 Å². The van der Waals surface area contributed by atoms with Crippen LogP contribution in [0.5, 0.6) is 0 Å². The van der Waals surface area contributed by atoms with E-state index < -0.39 is 21.8 Å². The number of carbonyl (C=O) groups is 1. The fourth-order valence-electron chi connectivity index (χ4n) is 3.78. The molecule has 1 aliphatic rings. The summed E-state index contributed by atoms with van der Waals surface area (Å²) < 4.78 is 41.7. The lowest BCUT2D eigenvalue weighted by Crippen LogP contribution is -2.42. The highest BCUT2D eigenvalue weighted by molar-refractivity contribution is 7.89. The van der Waals surface area contributed by atoms with Gasteiger partial charge in [0.05, 0.1) is 0 Å². The van der Waals surface area contributed by atoms with Crippen LogP contribution in [0, 0.1) is 11.7 Å². The molecule has 1 aliphatic heterocycles. The average Bonchev–Trinajstić information content (AvgIpc) is 2.80. The third-order valence-corrected chi connectivity index (χ3v) is 7.21. The molecule has 30 heavy (non-hydrogen) atoms. The molecule has 1 saturated heterocycles. The molecular weight excluding hydrogens is 403 g/mol. The Labute approximate surface area is 175 Å². The lowest BCUT2D eigenvalue weighted by Gasteiger charge is -2.31. The molecule has 0 amide bonds. The highest BCUT2D eigenvalue weighted by Crippen LogP contribution is 2.28. The summed E-state index contributed by atoms with van der Waals surface area (Å²) in [6, 6.07) is 16.6. The van der Waals surface area contributed by atoms with Crippen molar-refractivity contribution in [1.29, 1.82) is 0 Å². The number of Topliss-reactive ketones (excluding diaryl/α,β-unsaturated/α-hetero) is 1. The molecule has 0 bridgehead atoms.